The predicted octanol–water partition coefficient (Wildman–Crippen LogP) is 5.17. The third kappa shape index (κ3) is 3.70. The van der Waals surface area contributed by atoms with Crippen LogP contribution in [-0.4, -0.2) is 9.97 Å². The molecule has 1 aromatic heterocycles. The Bertz CT molecular complexity index is 560. The number of benzene rings is 1. The number of halogens is 2. The van der Waals surface area contributed by atoms with Crippen LogP contribution in [0.5, 0.6) is 0 Å². The number of hydrogen-bond donors (Lipinski definition) is 0. The molecule has 2 aromatic rings. The zero-order valence-electron chi connectivity index (χ0n) is 10.0. The smallest absolute Gasteiger partial charge is 0.133 e. The molecule has 0 spiro atoms. The van der Waals surface area contributed by atoms with Gasteiger partial charge in [0.05, 0.1) is 0 Å². The maximum absolute atomic E-state index is 5.97. The first-order valence-electron chi connectivity index (χ1n) is 5.52. The van der Waals surface area contributed by atoms with Crippen LogP contribution in [0.1, 0.15) is 25.6 Å². The fourth-order valence-corrected chi connectivity index (χ4v) is 3.06. The molecule has 0 N–H and O–H groups in total. The Kier molecular flexibility index (Phi) is 4.65. The zero-order valence-corrected chi connectivity index (χ0v) is 13.2. The van der Waals surface area contributed by atoms with Crippen LogP contribution in [0.15, 0.2) is 44.9 Å². The summed E-state index contributed by atoms with van der Waals surface area (Å²) in [4.78, 5) is 9.97. The highest BCUT2D eigenvalue weighted by atomic mass is 79.9. The van der Waals surface area contributed by atoms with Crippen LogP contribution >= 0.6 is 39.3 Å². The topological polar surface area (TPSA) is 25.8 Å². The summed E-state index contributed by atoms with van der Waals surface area (Å²) >= 11 is 11.0. The first-order valence-corrected chi connectivity index (χ1v) is 7.51. The molecule has 0 aliphatic rings. The van der Waals surface area contributed by atoms with E-state index in [1.165, 1.54) is 0 Å². The van der Waals surface area contributed by atoms with Crippen molar-refractivity contribution in [3.8, 4) is 0 Å². The van der Waals surface area contributed by atoms with Gasteiger partial charge in [-0.25, -0.2) is 9.97 Å². The Morgan fingerprint density at radius 1 is 1.22 bits per heavy atom. The van der Waals surface area contributed by atoms with Crippen LogP contribution in [0.25, 0.3) is 0 Å². The quantitative estimate of drug-likeness (QED) is 0.719. The molecule has 0 bridgehead atoms. The molecule has 0 aliphatic heterocycles. The Labute approximate surface area is 124 Å². The van der Waals surface area contributed by atoms with E-state index in [1.807, 2.05) is 30.3 Å². The monoisotopic (exact) mass is 342 g/mol. The number of rotatable bonds is 3. The van der Waals surface area contributed by atoms with E-state index in [2.05, 4.69) is 39.7 Å². The Hall–Kier alpha value is -0.580. The van der Waals surface area contributed by atoms with E-state index in [0.717, 1.165) is 25.4 Å². The summed E-state index contributed by atoms with van der Waals surface area (Å²) in [6.07, 6.45) is 0. The van der Waals surface area contributed by atoms with E-state index < -0.39 is 0 Å². The highest BCUT2D eigenvalue weighted by molar-refractivity contribution is 9.10. The van der Waals surface area contributed by atoms with Crippen molar-refractivity contribution in [1.82, 2.24) is 9.97 Å². The Morgan fingerprint density at radius 3 is 2.67 bits per heavy atom. The lowest BCUT2D eigenvalue weighted by Crippen LogP contribution is -1.98. The first kappa shape index (κ1) is 13.8. The van der Waals surface area contributed by atoms with E-state index in [9.17, 15) is 0 Å². The normalized spacial score (nSPS) is 10.9. The number of nitrogens with zero attached hydrogens (tertiary/aromatic N) is 2. The molecule has 0 amide bonds. The lowest BCUT2D eigenvalue weighted by molar-refractivity contribution is 0.748. The first-order chi connectivity index (χ1) is 8.54. The van der Waals surface area contributed by atoms with Gasteiger partial charge >= 0.3 is 0 Å². The third-order valence-electron chi connectivity index (χ3n) is 2.22. The minimum absolute atomic E-state index is 0.307. The van der Waals surface area contributed by atoms with E-state index >= 15 is 0 Å². The summed E-state index contributed by atoms with van der Waals surface area (Å²) in [5.74, 6) is 1.15. The van der Waals surface area contributed by atoms with E-state index in [1.54, 1.807) is 11.8 Å². The molecule has 94 valence electrons. The molecule has 1 heterocycles. The second kappa shape index (κ2) is 6.04. The third-order valence-corrected chi connectivity index (χ3v) is 3.77. The zero-order chi connectivity index (χ0) is 13.1. The molecule has 0 fully saturated rings. The molecular formula is C13H12BrClN2S. The van der Waals surface area contributed by atoms with Crippen molar-refractivity contribution in [1.29, 1.82) is 0 Å². The van der Waals surface area contributed by atoms with Gasteiger partial charge in [-0.15, -0.1) is 0 Å². The standard InChI is InChI=1S/C13H12BrClN2S/c1-8(2)13-16-11(14)7-12(17-13)18-10-5-3-4-9(15)6-10/h3-8H,1-2H3. The average Bonchev–Trinajstić information content (AvgIpc) is 2.28. The molecule has 0 radical (unpaired) electrons. The van der Waals surface area contributed by atoms with E-state index in [0.29, 0.717) is 5.92 Å². The summed E-state index contributed by atoms with van der Waals surface area (Å²) in [7, 11) is 0. The van der Waals surface area contributed by atoms with Gasteiger partial charge in [0.25, 0.3) is 0 Å². The van der Waals surface area contributed by atoms with E-state index in [-0.39, 0.29) is 0 Å². The van der Waals surface area contributed by atoms with Gasteiger partial charge in [-0.3, -0.25) is 0 Å². The van der Waals surface area contributed by atoms with Crippen LogP contribution in [0.4, 0.5) is 0 Å². The number of aromatic nitrogens is 2. The molecule has 0 aliphatic carbocycles. The molecule has 5 heteroatoms. The fourth-order valence-electron chi connectivity index (χ4n) is 1.38. The molecule has 0 saturated heterocycles. The molecule has 0 unspecified atom stereocenters. The van der Waals surface area contributed by atoms with Crippen LogP contribution in [0.3, 0.4) is 0 Å². The van der Waals surface area contributed by atoms with Crippen molar-refractivity contribution in [2.45, 2.75) is 29.7 Å². The summed E-state index contributed by atoms with van der Waals surface area (Å²) in [6, 6.07) is 9.65. The lowest BCUT2D eigenvalue weighted by atomic mass is 10.2. The van der Waals surface area contributed by atoms with Crippen LogP contribution in [-0.2, 0) is 0 Å². The van der Waals surface area contributed by atoms with Crippen molar-refractivity contribution < 1.29 is 0 Å². The molecule has 0 saturated carbocycles. The van der Waals surface area contributed by atoms with E-state index in [4.69, 9.17) is 11.6 Å². The highest BCUT2D eigenvalue weighted by Crippen LogP contribution is 2.30. The molecule has 2 rings (SSSR count). The maximum atomic E-state index is 5.97. The minimum Gasteiger partial charge on any atom is -0.226 e. The average molecular weight is 344 g/mol. The summed E-state index contributed by atoms with van der Waals surface area (Å²) < 4.78 is 0.811. The second-order valence-electron chi connectivity index (χ2n) is 4.10. The van der Waals surface area contributed by atoms with Crippen molar-refractivity contribution >= 4 is 39.3 Å². The van der Waals surface area contributed by atoms with Gasteiger partial charge in [-0.2, -0.15) is 0 Å². The molecule has 2 nitrogen and oxygen atoms in total. The van der Waals surface area contributed by atoms with Gasteiger partial charge in [-0.05, 0) is 34.1 Å². The van der Waals surface area contributed by atoms with Gasteiger partial charge < -0.3 is 0 Å². The van der Waals surface area contributed by atoms with Crippen LogP contribution in [0, 0.1) is 0 Å². The molecular weight excluding hydrogens is 332 g/mol. The van der Waals surface area contributed by atoms with Crippen molar-refractivity contribution in [2.75, 3.05) is 0 Å². The Balaban J connectivity index is 2.29. The minimum atomic E-state index is 0.307. The molecule has 1 aromatic carbocycles. The summed E-state index contributed by atoms with van der Waals surface area (Å²) in [5, 5.41) is 1.65. The Morgan fingerprint density at radius 2 is 2.00 bits per heavy atom. The van der Waals surface area contributed by atoms with Crippen molar-refractivity contribution in [3.05, 3.63) is 45.8 Å². The molecule has 0 atom stereocenters. The van der Waals surface area contributed by atoms with Crippen molar-refractivity contribution in [2.24, 2.45) is 0 Å². The van der Waals surface area contributed by atoms with Gasteiger partial charge in [-0.1, -0.05) is 43.3 Å². The SMILES string of the molecule is CC(C)c1nc(Br)cc(Sc2cccc(Cl)c2)n1. The van der Waals surface area contributed by atoms with Crippen molar-refractivity contribution in [3.63, 3.8) is 0 Å². The fraction of sp³-hybridized carbons (Fsp3) is 0.231. The molecule has 18 heavy (non-hydrogen) atoms. The van der Waals surface area contributed by atoms with Gasteiger partial charge in [0, 0.05) is 21.9 Å². The second-order valence-corrected chi connectivity index (χ2v) is 6.44. The lowest BCUT2D eigenvalue weighted by Gasteiger charge is -2.07. The largest absolute Gasteiger partial charge is 0.226 e. The predicted molar refractivity (Wildman–Crippen MR) is 79.4 cm³/mol. The van der Waals surface area contributed by atoms with Crippen LogP contribution < -0.4 is 0 Å². The van der Waals surface area contributed by atoms with Crippen LogP contribution in [0.2, 0.25) is 5.02 Å². The van der Waals surface area contributed by atoms with Gasteiger partial charge in [0.2, 0.25) is 0 Å². The highest BCUT2D eigenvalue weighted by Gasteiger charge is 2.08. The van der Waals surface area contributed by atoms with Gasteiger partial charge in [0.15, 0.2) is 0 Å². The summed E-state index contributed by atoms with van der Waals surface area (Å²) in [5.41, 5.74) is 0. The summed E-state index contributed by atoms with van der Waals surface area (Å²) in [6.45, 7) is 4.16. The number of hydrogen-bond acceptors (Lipinski definition) is 3. The maximum Gasteiger partial charge on any atom is 0.133 e. The van der Waals surface area contributed by atoms with Gasteiger partial charge in [0.1, 0.15) is 15.5 Å².